The van der Waals surface area contributed by atoms with Crippen molar-refractivity contribution in [3.8, 4) is 0 Å². The molecule has 3 aliphatic rings. The summed E-state index contributed by atoms with van der Waals surface area (Å²) in [5.74, 6) is -1.85. The normalized spacial score (nSPS) is 19.7. The fraction of sp³-hybridized carbons (Fsp3) is 0.346. The number of hydrogen-bond acceptors (Lipinski definition) is 5. The lowest BCUT2D eigenvalue weighted by Gasteiger charge is -2.36. The molecular weight excluding hydrogens is 465 g/mol. The van der Waals surface area contributed by atoms with Gasteiger partial charge in [-0.1, -0.05) is 24.3 Å². The summed E-state index contributed by atoms with van der Waals surface area (Å²) in [5.41, 5.74) is 2.51. The summed E-state index contributed by atoms with van der Waals surface area (Å²) in [7, 11) is 0. The highest BCUT2D eigenvalue weighted by atomic mass is 19.1. The van der Waals surface area contributed by atoms with Crippen LogP contribution >= 0.6 is 0 Å². The van der Waals surface area contributed by atoms with Gasteiger partial charge in [0.25, 0.3) is 5.91 Å². The van der Waals surface area contributed by atoms with E-state index in [0.717, 1.165) is 5.56 Å². The molecule has 0 aromatic heterocycles. The second kappa shape index (κ2) is 9.41. The quantitative estimate of drug-likeness (QED) is 0.524. The molecule has 0 radical (unpaired) electrons. The Morgan fingerprint density at radius 3 is 2.61 bits per heavy atom. The summed E-state index contributed by atoms with van der Waals surface area (Å²) in [4.78, 5) is 57.7. The molecule has 0 bridgehead atoms. The number of carbonyl (C=O) groups excluding carboxylic acids is 4. The summed E-state index contributed by atoms with van der Waals surface area (Å²) >= 11 is 0. The first kappa shape index (κ1) is 23.5. The van der Waals surface area contributed by atoms with Crippen LogP contribution in [0.15, 0.2) is 36.4 Å². The topological polar surface area (TPSA) is 94.4 Å². The molecule has 0 saturated carbocycles. The first-order valence-electron chi connectivity index (χ1n) is 11.8. The summed E-state index contributed by atoms with van der Waals surface area (Å²) in [6.45, 7) is 9.03. The second-order valence-electron chi connectivity index (χ2n) is 9.19. The molecule has 4 amide bonds. The van der Waals surface area contributed by atoms with Gasteiger partial charge in [-0.3, -0.25) is 24.5 Å². The van der Waals surface area contributed by atoms with E-state index in [1.165, 1.54) is 11.0 Å². The van der Waals surface area contributed by atoms with E-state index in [9.17, 15) is 19.2 Å². The summed E-state index contributed by atoms with van der Waals surface area (Å²) in [5, 5.41) is 2.26. The molecule has 1 atom stereocenters. The van der Waals surface area contributed by atoms with Gasteiger partial charge in [-0.05, 0) is 29.7 Å². The van der Waals surface area contributed by atoms with Crippen LogP contribution in [0.5, 0.6) is 0 Å². The molecule has 3 heterocycles. The van der Waals surface area contributed by atoms with Crippen LogP contribution in [-0.4, -0.2) is 65.6 Å². The summed E-state index contributed by atoms with van der Waals surface area (Å²) in [6, 6.07) is 9.11. The Hall–Kier alpha value is -4.26. The summed E-state index contributed by atoms with van der Waals surface area (Å²) < 4.78 is 15.1. The van der Waals surface area contributed by atoms with Crippen LogP contribution in [0, 0.1) is 12.4 Å². The van der Waals surface area contributed by atoms with E-state index in [1.54, 1.807) is 29.2 Å². The first-order valence-corrected chi connectivity index (χ1v) is 11.8. The number of carbonyl (C=O) groups is 4. The maximum atomic E-state index is 15.1. The number of benzene rings is 2. The molecule has 184 valence electrons. The summed E-state index contributed by atoms with van der Waals surface area (Å²) in [6.07, 6.45) is 0.608. The van der Waals surface area contributed by atoms with Crippen LogP contribution in [-0.2, 0) is 27.3 Å². The predicted molar refractivity (Wildman–Crippen MR) is 128 cm³/mol. The van der Waals surface area contributed by atoms with Gasteiger partial charge in [-0.25, -0.2) is 9.24 Å². The molecule has 5 rings (SSSR count). The van der Waals surface area contributed by atoms with Gasteiger partial charge >= 0.3 is 0 Å². The van der Waals surface area contributed by atoms with Crippen molar-refractivity contribution >= 4 is 35.0 Å². The lowest BCUT2D eigenvalue weighted by atomic mass is 10.0. The van der Waals surface area contributed by atoms with Gasteiger partial charge in [0.2, 0.25) is 17.7 Å². The number of fused-ring (bicyclic) bond motifs is 1. The van der Waals surface area contributed by atoms with E-state index >= 15 is 4.39 Å². The van der Waals surface area contributed by atoms with Crippen LogP contribution in [0.4, 0.5) is 15.8 Å². The third-order valence-corrected chi connectivity index (χ3v) is 6.96. The van der Waals surface area contributed by atoms with Gasteiger partial charge in [-0.15, -0.1) is 0 Å². The number of halogens is 1. The third-order valence-electron chi connectivity index (χ3n) is 6.96. The van der Waals surface area contributed by atoms with Gasteiger partial charge in [0.05, 0.1) is 18.7 Å². The Kier molecular flexibility index (Phi) is 6.14. The van der Waals surface area contributed by atoms with Crippen molar-refractivity contribution in [2.24, 2.45) is 0 Å². The Morgan fingerprint density at radius 1 is 1.11 bits per heavy atom. The second-order valence-corrected chi connectivity index (χ2v) is 9.19. The number of hydrogen-bond donors (Lipinski definition) is 1. The van der Waals surface area contributed by atoms with Crippen molar-refractivity contribution in [2.75, 3.05) is 31.1 Å². The largest absolute Gasteiger partial charge is 0.366 e. The molecule has 2 aromatic carbocycles. The lowest BCUT2D eigenvalue weighted by Crippen LogP contribution is -2.52. The Morgan fingerprint density at radius 2 is 1.89 bits per heavy atom. The fourth-order valence-electron chi connectivity index (χ4n) is 5.04. The molecule has 1 N–H and O–H groups in total. The third kappa shape index (κ3) is 4.40. The maximum Gasteiger partial charge on any atom is 0.255 e. The van der Waals surface area contributed by atoms with E-state index in [1.807, 2.05) is 11.0 Å². The zero-order valence-corrected chi connectivity index (χ0v) is 19.5. The predicted octanol–water partition coefficient (Wildman–Crippen LogP) is 2.03. The SMILES string of the molecule is [C-]#[N+]c1cccc(CC(=O)N2CCN(c3cc4c(cc3F)C(=O)N(C3CCC(=O)NC3=O)C4)CC2)c1. The van der Waals surface area contributed by atoms with Crippen molar-refractivity contribution in [2.45, 2.75) is 31.8 Å². The Balaban J connectivity index is 1.24. The molecule has 1 unspecified atom stereocenters. The first-order chi connectivity index (χ1) is 17.3. The van der Waals surface area contributed by atoms with Crippen LogP contribution in [0.3, 0.4) is 0 Å². The number of nitrogens with one attached hydrogen (secondary N) is 1. The van der Waals surface area contributed by atoms with Gasteiger partial charge in [0.15, 0.2) is 5.69 Å². The molecule has 0 aliphatic carbocycles. The van der Waals surface area contributed by atoms with Gasteiger partial charge in [0, 0.05) is 44.7 Å². The number of imide groups is 1. The number of anilines is 1. The highest BCUT2D eigenvalue weighted by molar-refractivity contribution is 6.05. The molecule has 9 nitrogen and oxygen atoms in total. The van der Waals surface area contributed by atoms with E-state index in [4.69, 9.17) is 6.57 Å². The average molecular weight is 490 g/mol. The molecule has 36 heavy (non-hydrogen) atoms. The average Bonchev–Trinajstić information content (AvgIpc) is 3.18. The highest BCUT2D eigenvalue weighted by Gasteiger charge is 2.40. The number of nitrogens with zero attached hydrogens (tertiary/aromatic N) is 4. The minimum absolute atomic E-state index is 0.0447. The minimum Gasteiger partial charge on any atom is -0.366 e. The van der Waals surface area contributed by atoms with Crippen molar-refractivity contribution in [3.05, 3.63) is 70.3 Å². The van der Waals surface area contributed by atoms with E-state index in [-0.39, 0.29) is 43.2 Å². The zero-order chi connectivity index (χ0) is 25.4. The van der Waals surface area contributed by atoms with E-state index in [0.29, 0.717) is 43.1 Å². The minimum atomic E-state index is -0.751. The van der Waals surface area contributed by atoms with Crippen LogP contribution in [0.25, 0.3) is 4.85 Å². The van der Waals surface area contributed by atoms with Crippen LogP contribution in [0.2, 0.25) is 0 Å². The zero-order valence-electron chi connectivity index (χ0n) is 19.5. The number of rotatable bonds is 4. The monoisotopic (exact) mass is 489 g/mol. The van der Waals surface area contributed by atoms with Crippen molar-refractivity contribution < 1.29 is 23.6 Å². The Bertz CT molecular complexity index is 1310. The number of piperazine rings is 1. The van der Waals surface area contributed by atoms with Gasteiger partial charge in [-0.2, -0.15) is 0 Å². The Labute approximate surface area is 207 Å². The molecule has 2 aromatic rings. The molecule has 2 saturated heterocycles. The van der Waals surface area contributed by atoms with Crippen molar-refractivity contribution in [1.82, 2.24) is 15.1 Å². The van der Waals surface area contributed by atoms with Gasteiger partial charge < -0.3 is 14.7 Å². The standard InChI is InChI=1S/C26H24FN5O4/c1-28-18-4-2-3-16(11-18)12-24(34)31-9-7-30(8-10-31)22-13-17-15-32(26(36)19(17)14-20(22)27)21-5-6-23(33)29-25(21)35/h2-4,11,13-14,21H,5-10,12,15H2,(H,29,33,35). The number of amides is 4. The molecule has 0 spiro atoms. The van der Waals surface area contributed by atoms with E-state index in [2.05, 4.69) is 10.2 Å². The molecule has 10 heteroatoms. The molecule has 3 aliphatic heterocycles. The van der Waals surface area contributed by atoms with Crippen LogP contribution < -0.4 is 10.2 Å². The smallest absolute Gasteiger partial charge is 0.255 e. The van der Waals surface area contributed by atoms with E-state index < -0.39 is 23.7 Å². The number of piperidine rings is 1. The van der Waals surface area contributed by atoms with Crippen molar-refractivity contribution in [3.63, 3.8) is 0 Å². The maximum absolute atomic E-state index is 15.1. The molecular formula is C26H24FN5O4. The lowest BCUT2D eigenvalue weighted by molar-refractivity contribution is -0.137. The fourth-order valence-corrected chi connectivity index (χ4v) is 5.04. The van der Waals surface area contributed by atoms with Crippen LogP contribution in [0.1, 0.15) is 34.3 Å². The van der Waals surface area contributed by atoms with Crippen molar-refractivity contribution in [1.29, 1.82) is 0 Å². The highest BCUT2D eigenvalue weighted by Crippen LogP contribution is 2.33. The van der Waals surface area contributed by atoms with Gasteiger partial charge in [0.1, 0.15) is 11.9 Å². The molecule has 2 fully saturated rings.